The highest BCUT2D eigenvalue weighted by atomic mass is 79.9. The van der Waals surface area contributed by atoms with Gasteiger partial charge in [-0.3, -0.25) is 0 Å². The third-order valence-electron chi connectivity index (χ3n) is 2.55. The minimum absolute atomic E-state index is 0.0375. The molecule has 3 N–H and O–H groups in total. The van der Waals surface area contributed by atoms with Crippen LogP contribution >= 0.6 is 15.9 Å². The van der Waals surface area contributed by atoms with Gasteiger partial charge in [-0.25, -0.2) is 13.1 Å². The molecule has 6 heteroatoms. The maximum atomic E-state index is 12.1. The highest BCUT2D eigenvalue weighted by Crippen LogP contribution is 2.24. The zero-order valence-corrected chi connectivity index (χ0v) is 12.3. The van der Waals surface area contributed by atoms with Crippen molar-refractivity contribution in [3.05, 3.63) is 22.7 Å². The van der Waals surface area contributed by atoms with Crippen molar-refractivity contribution in [3.8, 4) is 0 Å². The lowest BCUT2D eigenvalue weighted by Crippen LogP contribution is -2.34. The van der Waals surface area contributed by atoms with Crippen molar-refractivity contribution in [1.82, 2.24) is 4.72 Å². The second-order valence-electron chi connectivity index (χ2n) is 3.82. The van der Waals surface area contributed by atoms with Crippen molar-refractivity contribution < 1.29 is 8.42 Å². The average Bonchev–Trinajstić information content (AvgIpc) is 2.25. The summed E-state index contributed by atoms with van der Waals surface area (Å²) in [4.78, 5) is 0.221. The molecule has 1 aromatic rings. The number of benzene rings is 1. The second-order valence-corrected chi connectivity index (χ2v) is 6.36. The van der Waals surface area contributed by atoms with E-state index >= 15 is 0 Å². The van der Waals surface area contributed by atoms with E-state index in [2.05, 4.69) is 20.7 Å². The smallest absolute Gasteiger partial charge is 0.241 e. The number of nitrogens with one attached hydrogen (secondary N) is 1. The maximum absolute atomic E-state index is 12.1. The number of rotatable bonds is 5. The lowest BCUT2D eigenvalue weighted by Gasteiger charge is -2.15. The first-order valence-corrected chi connectivity index (χ1v) is 7.75. The summed E-state index contributed by atoms with van der Waals surface area (Å²) in [6, 6.07) is 4.63. The van der Waals surface area contributed by atoms with Gasteiger partial charge in [0, 0.05) is 16.2 Å². The summed E-state index contributed by atoms with van der Waals surface area (Å²) >= 11 is 3.22. The molecular formula is C11H17BrN2O2S. The van der Waals surface area contributed by atoms with Crippen LogP contribution in [0.15, 0.2) is 27.6 Å². The molecule has 0 aliphatic heterocycles. The van der Waals surface area contributed by atoms with Gasteiger partial charge in [-0.2, -0.15) is 0 Å². The van der Waals surface area contributed by atoms with Crippen LogP contribution in [0.1, 0.15) is 26.7 Å². The molecule has 1 rings (SSSR count). The summed E-state index contributed by atoms with van der Waals surface area (Å²) in [5.41, 5.74) is 6.11. The molecule has 0 saturated carbocycles. The zero-order chi connectivity index (χ0) is 13.1. The first kappa shape index (κ1) is 14.5. The van der Waals surface area contributed by atoms with Gasteiger partial charge < -0.3 is 5.73 Å². The number of halogens is 1. The van der Waals surface area contributed by atoms with Crippen LogP contribution in [0.3, 0.4) is 0 Å². The molecule has 0 heterocycles. The van der Waals surface area contributed by atoms with Crippen LogP contribution in [0.4, 0.5) is 5.69 Å². The van der Waals surface area contributed by atoms with E-state index in [4.69, 9.17) is 5.73 Å². The highest BCUT2D eigenvalue weighted by Gasteiger charge is 2.20. The van der Waals surface area contributed by atoms with E-state index in [1.165, 1.54) is 6.07 Å². The van der Waals surface area contributed by atoms with E-state index in [1.54, 1.807) is 12.1 Å². The molecule has 0 aliphatic carbocycles. The van der Waals surface area contributed by atoms with Crippen molar-refractivity contribution >= 4 is 31.6 Å². The molecule has 0 radical (unpaired) electrons. The minimum atomic E-state index is -3.48. The Morgan fingerprint density at radius 2 is 1.94 bits per heavy atom. The molecule has 1 aromatic carbocycles. The SMILES string of the molecule is CCC(CC)NS(=O)(=O)c1ccc(N)cc1Br. The molecule has 0 atom stereocenters. The van der Waals surface area contributed by atoms with Crippen LogP contribution in [0.5, 0.6) is 0 Å². The van der Waals surface area contributed by atoms with Crippen molar-refractivity contribution in [1.29, 1.82) is 0 Å². The Hall–Kier alpha value is -0.590. The number of hydrogen-bond donors (Lipinski definition) is 2. The lowest BCUT2D eigenvalue weighted by molar-refractivity contribution is 0.530. The average molecular weight is 321 g/mol. The highest BCUT2D eigenvalue weighted by molar-refractivity contribution is 9.10. The van der Waals surface area contributed by atoms with Crippen LogP contribution in [-0.4, -0.2) is 14.5 Å². The van der Waals surface area contributed by atoms with E-state index in [1.807, 2.05) is 13.8 Å². The summed E-state index contributed by atoms with van der Waals surface area (Å²) < 4.78 is 27.4. The van der Waals surface area contributed by atoms with Gasteiger partial charge in [-0.05, 0) is 47.0 Å². The van der Waals surface area contributed by atoms with Crippen molar-refractivity contribution in [2.75, 3.05) is 5.73 Å². The normalized spacial score (nSPS) is 12.0. The summed E-state index contributed by atoms with van der Waals surface area (Å²) in [6.45, 7) is 3.91. The van der Waals surface area contributed by atoms with Gasteiger partial charge in [0.15, 0.2) is 0 Å². The molecule has 0 aromatic heterocycles. The quantitative estimate of drug-likeness (QED) is 0.819. The molecule has 96 valence electrons. The summed E-state index contributed by atoms with van der Waals surface area (Å²) in [6.07, 6.45) is 1.53. The van der Waals surface area contributed by atoms with E-state index < -0.39 is 10.0 Å². The van der Waals surface area contributed by atoms with Crippen LogP contribution in [-0.2, 0) is 10.0 Å². The number of nitrogen functional groups attached to an aromatic ring is 1. The molecule has 0 aliphatic rings. The van der Waals surface area contributed by atoms with Crippen LogP contribution in [0, 0.1) is 0 Å². The Bertz CT molecular complexity index is 484. The Balaban J connectivity index is 3.05. The van der Waals surface area contributed by atoms with Crippen molar-refractivity contribution in [2.24, 2.45) is 0 Å². The first-order valence-electron chi connectivity index (χ1n) is 5.48. The van der Waals surface area contributed by atoms with Gasteiger partial charge in [0.1, 0.15) is 0 Å². The Kier molecular flexibility index (Phi) is 4.97. The molecule has 4 nitrogen and oxygen atoms in total. The maximum Gasteiger partial charge on any atom is 0.241 e. The zero-order valence-electron chi connectivity index (χ0n) is 9.90. The Morgan fingerprint density at radius 3 is 2.41 bits per heavy atom. The van der Waals surface area contributed by atoms with E-state index in [0.717, 1.165) is 12.8 Å². The summed E-state index contributed by atoms with van der Waals surface area (Å²) in [5.74, 6) is 0. The van der Waals surface area contributed by atoms with Crippen molar-refractivity contribution in [2.45, 2.75) is 37.6 Å². The number of nitrogens with two attached hydrogens (primary N) is 1. The molecule has 0 fully saturated rings. The standard InChI is InChI=1S/C11H17BrN2O2S/c1-3-9(4-2)14-17(15,16)11-6-5-8(13)7-10(11)12/h5-7,9,14H,3-4,13H2,1-2H3. The largest absolute Gasteiger partial charge is 0.399 e. The second kappa shape index (κ2) is 5.84. The topological polar surface area (TPSA) is 72.2 Å². The molecular weight excluding hydrogens is 304 g/mol. The molecule has 0 unspecified atom stereocenters. The first-order chi connectivity index (χ1) is 7.90. The predicted molar refractivity (Wildman–Crippen MR) is 73.2 cm³/mol. The molecule has 0 saturated heterocycles. The van der Waals surface area contributed by atoms with E-state index in [-0.39, 0.29) is 10.9 Å². The van der Waals surface area contributed by atoms with Gasteiger partial charge in [-0.1, -0.05) is 13.8 Å². The van der Waals surface area contributed by atoms with Gasteiger partial charge in [-0.15, -0.1) is 0 Å². The van der Waals surface area contributed by atoms with Crippen molar-refractivity contribution in [3.63, 3.8) is 0 Å². The molecule has 0 spiro atoms. The fourth-order valence-electron chi connectivity index (χ4n) is 1.47. The van der Waals surface area contributed by atoms with Gasteiger partial charge in [0.25, 0.3) is 0 Å². The van der Waals surface area contributed by atoms with E-state index in [0.29, 0.717) is 10.2 Å². The monoisotopic (exact) mass is 320 g/mol. The Labute approximate surface area is 111 Å². The van der Waals surface area contributed by atoms with Gasteiger partial charge >= 0.3 is 0 Å². The number of anilines is 1. The lowest BCUT2D eigenvalue weighted by atomic mass is 10.2. The molecule has 0 bridgehead atoms. The van der Waals surface area contributed by atoms with Crippen LogP contribution in [0.2, 0.25) is 0 Å². The number of sulfonamides is 1. The van der Waals surface area contributed by atoms with Crippen LogP contribution in [0.25, 0.3) is 0 Å². The fourth-order valence-corrected chi connectivity index (χ4v) is 3.97. The van der Waals surface area contributed by atoms with Gasteiger partial charge in [0.05, 0.1) is 4.90 Å². The van der Waals surface area contributed by atoms with Gasteiger partial charge in [0.2, 0.25) is 10.0 Å². The predicted octanol–water partition coefficient (Wildman–Crippen LogP) is 2.50. The Morgan fingerprint density at radius 1 is 1.35 bits per heavy atom. The number of hydrogen-bond acceptors (Lipinski definition) is 3. The van der Waals surface area contributed by atoms with E-state index in [9.17, 15) is 8.42 Å². The summed E-state index contributed by atoms with van der Waals surface area (Å²) in [5, 5.41) is 0. The summed E-state index contributed by atoms with van der Waals surface area (Å²) in [7, 11) is -3.48. The minimum Gasteiger partial charge on any atom is -0.399 e. The van der Waals surface area contributed by atoms with Crippen LogP contribution < -0.4 is 10.5 Å². The third-order valence-corrected chi connectivity index (χ3v) is 5.05. The third kappa shape index (κ3) is 3.69. The fraction of sp³-hybridized carbons (Fsp3) is 0.455. The molecule has 17 heavy (non-hydrogen) atoms. The molecule has 0 amide bonds.